The van der Waals surface area contributed by atoms with Crippen LogP contribution in [0, 0.1) is 0 Å². The third kappa shape index (κ3) is 2.69. The van der Waals surface area contributed by atoms with Gasteiger partial charge in [-0.1, -0.05) is 0 Å². The van der Waals surface area contributed by atoms with Crippen LogP contribution in [0.2, 0.25) is 5.22 Å². The number of halogens is 1. The van der Waals surface area contributed by atoms with Gasteiger partial charge in [0.2, 0.25) is 11.1 Å². The molecule has 0 fully saturated rings. The number of nitrogens with two attached hydrogens (primary N) is 1. The minimum absolute atomic E-state index is 0.0111. The maximum atomic E-state index is 11.7. The maximum Gasteiger partial charge on any atom is 0.260 e. The van der Waals surface area contributed by atoms with E-state index in [1.54, 1.807) is 0 Å². The highest BCUT2D eigenvalue weighted by atomic mass is 35.5. The van der Waals surface area contributed by atoms with Gasteiger partial charge in [0.15, 0.2) is 0 Å². The van der Waals surface area contributed by atoms with E-state index in [-0.39, 0.29) is 17.3 Å². The van der Waals surface area contributed by atoms with Crippen LogP contribution in [0.15, 0.2) is 29.1 Å². The molecule has 2 aromatic rings. The molecule has 2 amide bonds. The molecule has 0 aliphatic carbocycles. The van der Waals surface area contributed by atoms with Gasteiger partial charge >= 0.3 is 0 Å². The monoisotopic (exact) mass is 268 g/mol. The summed E-state index contributed by atoms with van der Waals surface area (Å²) in [7, 11) is 0. The van der Waals surface area contributed by atoms with Crippen LogP contribution in [0.4, 0.5) is 5.69 Å². The quantitative estimate of drug-likeness (QED) is 0.858. The van der Waals surface area contributed by atoms with Crippen molar-refractivity contribution in [3.63, 3.8) is 0 Å². The predicted octanol–water partition coefficient (Wildman–Crippen LogP) is 0.867. The lowest BCUT2D eigenvalue weighted by atomic mass is 10.3. The largest absolute Gasteiger partial charge is 0.452 e. The number of amides is 2. The number of furan rings is 1. The molecule has 0 aromatic carbocycles. The van der Waals surface area contributed by atoms with E-state index in [1.807, 2.05) is 0 Å². The van der Waals surface area contributed by atoms with E-state index in [9.17, 15) is 9.59 Å². The number of hydrogen-bond acceptors (Lipinski definition) is 4. The maximum absolute atomic E-state index is 11.7. The summed E-state index contributed by atoms with van der Waals surface area (Å²) in [5.41, 5.74) is 5.67. The van der Waals surface area contributed by atoms with Crippen molar-refractivity contribution in [2.75, 3.05) is 5.32 Å². The van der Waals surface area contributed by atoms with Gasteiger partial charge in [-0.15, -0.1) is 0 Å². The second kappa shape index (κ2) is 4.92. The van der Waals surface area contributed by atoms with Crippen molar-refractivity contribution >= 4 is 29.1 Å². The van der Waals surface area contributed by atoms with Crippen molar-refractivity contribution in [1.82, 2.24) is 9.78 Å². The average Bonchev–Trinajstić information content (AvgIpc) is 2.87. The zero-order valence-corrected chi connectivity index (χ0v) is 9.85. The lowest BCUT2D eigenvalue weighted by Crippen LogP contribution is -2.18. The van der Waals surface area contributed by atoms with E-state index in [0.29, 0.717) is 5.69 Å². The first-order valence-corrected chi connectivity index (χ1v) is 5.29. The van der Waals surface area contributed by atoms with E-state index >= 15 is 0 Å². The normalized spacial score (nSPS) is 10.3. The molecule has 94 valence electrons. The molecule has 2 heterocycles. The van der Waals surface area contributed by atoms with Crippen LogP contribution in [0.5, 0.6) is 0 Å². The van der Waals surface area contributed by atoms with Crippen molar-refractivity contribution in [3.05, 3.63) is 35.5 Å². The summed E-state index contributed by atoms with van der Waals surface area (Å²) in [5.74, 6) is -0.943. The summed E-state index contributed by atoms with van der Waals surface area (Å²) >= 11 is 5.67. The molecule has 2 rings (SSSR count). The highest BCUT2D eigenvalue weighted by Gasteiger charge is 2.13. The van der Waals surface area contributed by atoms with E-state index in [2.05, 4.69) is 10.4 Å². The minimum Gasteiger partial charge on any atom is -0.452 e. The zero-order chi connectivity index (χ0) is 13.1. The van der Waals surface area contributed by atoms with E-state index in [4.69, 9.17) is 21.8 Å². The summed E-state index contributed by atoms with van der Waals surface area (Å²) in [6, 6.07) is 1.45. The van der Waals surface area contributed by atoms with Crippen LogP contribution < -0.4 is 11.1 Å². The van der Waals surface area contributed by atoms with E-state index in [1.165, 1.54) is 29.4 Å². The fraction of sp³-hybridized carbons (Fsp3) is 0.100. The number of primary amides is 1. The Kier molecular flexibility index (Phi) is 3.33. The van der Waals surface area contributed by atoms with Crippen LogP contribution in [0.25, 0.3) is 0 Å². The molecule has 8 heteroatoms. The molecule has 0 atom stereocenters. The third-order valence-electron chi connectivity index (χ3n) is 2.07. The van der Waals surface area contributed by atoms with Gasteiger partial charge in [0, 0.05) is 6.20 Å². The number of carbonyl (C=O) groups excluding carboxylic acids is 2. The van der Waals surface area contributed by atoms with Gasteiger partial charge in [0.25, 0.3) is 5.91 Å². The van der Waals surface area contributed by atoms with Crippen LogP contribution in [-0.2, 0) is 11.3 Å². The van der Waals surface area contributed by atoms with Gasteiger partial charge in [-0.05, 0) is 17.7 Å². The number of carbonyl (C=O) groups is 2. The average molecular weight is 269 g/mol. The number of nitrogens with one attached hydrogen (secondary N) is 1. The molecule has 0 unspecified atom stereocenters. The van der Waals surface area contributed by atoms with Crippen molar-refractivity contribution in [2.45, 2.75) is 6.54 Å². The zero-order valence-electron chi connectivity index (χ0n) is 9.09. The Bertz CT molecular complexity index is 589. The summed E-state index contributed by atoms with van der Waals surface area (Å²) < 4.78 is 6.12. The van der Waals surface area contributed by atoms with Gasteiger partial charge < -0.3 is 15.5 Å². The van der Waals surface area contributed by atoms with Crippen LogP contribution in [0.1, 0.15) is 10.4 Å². The van der Waals surface area contributed by atoms with Gasteiger partial charge in [-0.25, -0.2) is 0 Å². The molecule has 0 spiro atoms. The molecule has 2 aromatic heterocycles. The fourth-order valence-corrected chi connectivity index (χ4v) is 1.53. The standard InChI is InChI=1S/C10H9ClN4O3/c11-9-7(1-2-18-9)10(17)14-6-3-13-15(4-6)5-8(12)16/h1-4H,5H2,(H2,12,16)(H,14,17). The first-order chi connectivity index (χ1) is 8.56. The molecule has 18 heavy (non-hydrogen) atoms. The van der Waals surface area contributed by atoms with Crippen molar-refractivity contribution in [2.24, 2.45) is 5.73 Å². The molecule has 0 radical (unpaired) electrons. The van der Waals surface area contributed by atoms with E-state index < -0.39 is 11.8 Å². The summed E-state index contributed by atoms with van der Waals surface area (Å²) in [4.78, 5) is 22.4. The van der Waals surface area contributed by atoms with Gasteiger partial charge in [-0.2, -0.15) is 5.10 Å². The summed E-state index contributed by atoms with van der Waals surface area (Å²) in [6.07, 6.45) is 4.19. The Labute approximate surface area is 107 Å². The molecule has 0 aliphatic rings. The Morgan fingerprint density at radius 1 is 1.56 bits per heavy atom. The lowest BCUT2D eigenvalue weighted by Gasteiger charge is -1.99. The molecular weight excluding hydrogens is 260 g/mol. The Hall–Kier alpha value is -2.28. The highest BCUT2D eigenvalue weighted by Crippen LogP contribution is 2.18. The van der Waals surface area contributed by atoms with E-state index in [0.717, 1.165) is 0 Å². The number of hydrogen-bond donors (Lipinski definition) is 2. The molecule has 0 bridgehead atoms. The van der Waals surface area contributed by atoms with Crippen molar-refractivity contribution in [1.29, 1.82) is 0 Å². The number of rotatable bonds is 4. The van der Waals surface area contributed by atoms with Crippen LogP contribution >= 0.6 is 11.6 Å². The first kappa shape index (κ1) is 12.2. The minimum atomic E-state index is -0.520. The second-order valence-electron chi connectivity index (χ2n) is 3.46. The summed E-state index contributed by atoms with van der Waals surface area (Å²) in [5, 5.41) is 6.43. The van der Waals surface area contributed by atoms with Crippen LogP contribution in [-0.4, -0.2) is 21.6 Å². The molecular formula is C10H9ClN4O3. The number of anilines is 1. The van der Waals surface area contributed by atoms with Gasteiger partial charge in [0.05, 0.1) is 23.7 Å². The SMILES string of the molecule is NC(=O)Cn1cc(NC(=O)c2ccoc2Cl)cn1. The molecule has 7 nitrogen and oxygen atoms in total. The van der Waals surface area contributed by atoms with Gasteiger partial charge in [-0.3, -0.25) is 14.3 Å². The second-order valence-corrected chi connectivity index (χ2v) is 3.80. The molecule has 0 saturated carbocycles. The highest BCUT2D eigenvalue weighted by molar-refractivity contribution is 6.32. The van der Waals surface area contributed by atoms with Crippen molar-refractivity contribution < 1.29 is 14.0 Å². The molecule has 3 N–H and O–H groups in total. The Balaban J connectivity index is 2.06. The Morgan fingerprint density at radius 2 is 2.33 bits per heavy atom. The number of nitrogens with zero attached hydrogens (tertiary/aromatic N) is 2. The van der Waals surface area contributed by atoms with Crippen LogP contribution in [0.3, 0.4) is 0 Å². The van der Waals surface area contributed by atoms with Crippen molar-refractivity contribution in [3.8, 4) is 0 Å². The molecule has 0 aliphatic heterocycles. The number of aromatic nitrogens is 2. The third-order valence-corrected chi connectivity index (χ3v) is 2.36. The Morgan fingerprint density at radius 3 is 2.94 bits per heavy atom. The lowest BCUT2D eigenvalue weighted by molar-refractivity contribution is -0.118. The first-order valence-electron chi connectivity index (χ1n) is 4.91. The molecule has 0 saturated heterocycles. The summed E-state index contributed by atoms with van der Waals surface area (Å²) in [6.45, 7) is -0.0532. The fourth-order valence-electron chi connectivity index (χ4n) is 1.33. The van der Waals surface area contributed by atoms with Gasteiger partial charge in [0.1, 0.15) is 6.54 Å². The predicted molar refractivity (Wildman–Crippen MR) is 63.1 cm³/mol. The topological polar surface area (TPSA) is 103 Å². The smallest absolute Gasteiger partial charge is 0.260 e.